The van der Waals surface area contributed by atoms with Crippen LogP contribution in [0.1, 0.15) is 38.5 Å². The maximum Gasteiger partial charge on any atom is 0.0223 e. The summed E-state index contributed by atoms with van der Waals surface area (Å²) in [4.78, 5) is 0. The van der Waals surface area contributed by atoms with E-state index in [0.29, 0.717) is 0 Å². The molecule has 0 unspecified atom stereocenters. The lowest BCUT2D eigenvalue weighted by atomic mass is 9.74. The third-order valence-electron chi connectivity index (χ3n) is 2.82. The zero-order chi connectivity index (χ0) is 11.6. The number of unbranched alkanes of at least 4 members (excludes halogenated alkanes) is 1. The molecule has 0 saturated carbocycles. The second-order valence-corrected chi connectivity index (χ2v) is 4.50. The van der Waals surface area contributed by atoms with Crippen LogP contribution in [0.25, 0.3) is 0 Å². The zero-order valence-corrected chi connectivity index (χ0v) is 10.4. The molecule has 1 heteroatoms. The molecule has 0 N–H and O–H groups in total. The quantitative estimate of drug-likeness (QED) is 0.276. The number of alkyl halides is 1. The molecule has 0 fully saturated rings. The van der Waals surface area contributed by atoms with Gasteiger partial charge in [0.15, 0.2) is 0 Å². The molecule has 0 saturated heterocycles. The number of hydrogen-bond donors (Lipinski definition) is 0. The molecule has 0 aliphatic carbocycles. The van der Waals surface area contributed by atoms with Crippen LogP contribution in [0.5, 0.6) is 0 Å². The van der Waals surface area contributed by atoms with Gasteiger partial charge in [0.2, 0.25) is 0 Å². The summed E-state index contributed by atoms with van der Waals surface area (Å²) >= 11 is 5.70. The highest BCUT2D eigenvalue weighted by Crippen LogP contribution is 2.37. The van der Waals surface area contributed by atoms with Crippen LogP contribution < -0.4 is 0 Å². The third kappa shape index (κ3) is 5.84. The van der Waals surface area contributed by atoms with Gasteiger partial charge < -0.3 is 0 Å². The van der Waals surface area contributed by atoms with E-state index >= 15 is 0 Å². The molecular formula is C14H23Cl. The molecule has 0 spiro atoms. The van der Waals surface area contributed by atoms with Crippen molar-refractivity contribution in [3.05, 3.63) is 38.0 Å². The molecule has 0 aromatic carbocycles. The first kappa shape index (κ1) is 14.5. The maximum absolute atomic E-state index is 5.70. The molecule has 0 heterocycles. The molecule has 86 valence electrons. The van der Waals surface area contributed by atoms with Crippen LogP contribution in [0.2, 0.25) is 0 Å². The van der Waals surface area contributed by atoms with Gasteiger partial charge in [-0.3, -0.25) is 0 Å². The first-order valence-electron chi connectivity index (χ1n) is 5.63. The minimum atomic E-state index is 0.289. The number of allylic oxidation sites excluding steroid dienone is 3. The maximum atomic E-state index is 5.70. The van der Waals surface area contributed by atoms with Gasteiger partial charge in [0.25, 0.3) is 0 Å². The van der Waals surface area contributed by atoms with E-state index in [2.05, 4.69) is 19.7 Å². The topological polar surface area (TPSA) is 0 Å². The Bertz CT molecular complexity index is 167. The third-order valence-corrected chi connectivity index (χ3v) is 3.09. The van der Waals surface area contributed by atoms with Crippen LogP contribution in [0.15, 0.2) is 38.0 Å². The van der Waals surface area contributed by atoms with Crippen molar-refractivity contribution in [2.24, 2.45) is 5.41 Å². The summed E-state index contributed by atoms with van der Waals surface area (Å²) in [6.45, 7) is 11.5. The average molecular weight is 227 g/mol. The Morgan fingerprint density at radius 3 is 1.67 bits per heavy atom. The predicted octanol–water partition coefficient (Wildman–Crippen LogP) is 5.11. The lowest BCUT2D eigenvalue weighted by molar-refractivity contribution is 0.264. The van der Waals surface area contributed by atoms with E-state index in [1.165, 1.54) is 12.8 Å². The van der Waals surface area contributed by atoms with Gasteiger partial charge in [-0.25, -0.2) is 0 Å². The molecule has 0 nitrogen and oxygen atoms in total. The van der Waals surface area contributed by atoms with Gasteiger partial charge in [-0.2, -0.15) is 0 Å². The van der Waals surface area contributed by atoms with Crippen molar-refractivity contribution in [2.45, 2.75) is 38.5 Å². The van der Waals surface area contributed by atoms with Gasteiger partial charge in [-0.1, -0.05) is 24.6 Å². The van der Waals surface area contributed by atoms with E-state index in [0.717, 1.165) is 31.6 Å². The Balaban J connectivity index is 4.36. The first-order valence-corrected chi connectivity index (χ1v) is 6.17. The summed E-state index contributed by atoms with van der Waals surface area (Å²) in [6, 6.07) is 0. The molecule has 0 amide bonds. The molecule has 0 radical (unpaired) electrons. The van der Waals surface area contributed by atoms with Crippen molar-refractivity contribution in [3.8, 4) is 0 Å². The summed E-state index contributed by atoms with van der Waals surface area (Å²) in [7, 11) is 0. The fraction of sp³-hybridized carbons (Fsp3) is 0.571. The summed E-state index contributed by atoms with van der Waals surface area (Å²) in [5, 5.41) is 0. The van der Waals surface area contributed by atoms with Crippen molar-refractivity contribution < 1.29 is 0 Å². The summed E-state index contributed by atoms with van der Waals surface area (Å²) < 4.78 is 0. The minimum absolute atomic E-state index is 0.289. The minimum Gasteiger partial charge on any atom is -0.127 e. The molecule has 15 heavy (non-hydrogen) atoms. The zero-order valence-electron chi connectivity index (χ0n) is 9.68. The normalized spacial score (nSPS) is 11.0. The predicted molar refractivity (Wildman–Crippen MR) is 71.4 cm³/mol. The summed E-state index contributed by atoms with van der Waals surface area (Å²) in [5.74, 6) is 0.756. The molecule has 0 aliphatic heterocycles. The van der Waals surface area contributed by atoms with E-state index in [4.69, 9.17) is 11.6 Å². The molecule has 0 aromatic heterocycles. The Morgan fingerprint density at radius 2 is 1.33 bits per heavy atom. The van der Waals surface area contributed by atoms with Gasteiger partial charge in [0.1, 0.15) is 0 Å². The van der Waals surface area contributed by atoms with Crippen molar-refractivity contribution in [1.29, 1.82) is 0 Å². The average Bonchev–Trinajstić information content (AvgIpc) is 2.19. The van der Waals surface area contributed by atoms with Crippen LogP contribution in [-0.4, -0.2) is 5.88 Å². The number of halogens is 1. The smallest absolute Gasteiger partial charge is 0.0223 e. The van der Waals surface area contributed by atoms with E-state index < -0.39 is 0 Å². The van der Waals surface area contributed by atoms with Gasteiger partial charge in [0, 0.05) is 5.88 Å². The number of hydrogen-bond acceptors (Lipinski definition) is 0. The van der Waals surface area contributed by atoms with E-state index in [9.17, 15) is 0 Å². The van der Waals surface area contributed by atoms with Crippen molar-refractivity contribution in [1.82, 2.24) is 0 Å². The van der Waals surface area contributed by atoms with Crippen molar-refractivity contribution >= 4 is 11.6 Å². The lowest BCUT2D eigenvalue weighted by Crippen LogP contribution is -2.18. The van der Waals surface area contributed by atoms with Gasteiger partial charge >= 0.3 is 0 Å². The fourth-order valence-electron chi connectivity index (χ4n) is 2.07. The standard InChI is InChI=1S/C14H23Cl/c1-4-9-14(10-5-2,11-6-3)12-7-8-13-15/h4-6H,1-3,7-13H2. The second-order valence-electron chi connectivity index (χ2n) is 4.12. The highest BCUT2D eigenvalue weighted by atomic mass is 35.5. The SMILES string of the molecule is C=CCC(CC=C)(CC=C)CCCCCl. The van der Waals surface area contributed by atoms with Gasteiger partial charge in [-0.15, -0.1) is 31.3 Å². The van der Waals surface area contributed by atoms with Crippen LogP contribution in [-0.2, 0) is 0 Å². The van der Waals surface area contributed by atoms with Gasteiger partial charge in [0.05, 0.1) is 0 Å². The summed E-state index contributed by atoms with van der Waals surface area (Å²) in [5.41, 5.74) is 0.289. The largest absolute Gasteiger partial charge is 0.127 e. The van der Waals surface area contributed by atoms with Crippen molar-refractivity contribution in [3.63, 3.8) is 0 Å². The molecule has 0 atom stereocenters. The molecular weight excluding hydrogens is 204 g/mol. The Labute approximate surface area is 99.7 Å². The Hall–Kier alpha value is -0.490. The highest BCUT2D eigenvalue weighted by Gasteiger charge is 2.25. The van der Waals surface area contributed by atoms with Crippen molar-refractivity contribution in [2.75, 3.05) is 5.88 Å². The Morgan fingerprint density at radius 1 is 0.867 bits per heavy atom. The second kappa shape index (κ2) is 8.79. The Kier molecular flexibility index (Phi) is 8.50. The van der Waals surface area contributed by atoms with Crippen LogP contribution in [0, 0.1) is 5.41 Å². The first-order chi connectivity index (χ1) is 7.24. The van der Waals surface area contributed by atoms with Gasteiger partial charge in [-0.05, 0) is 37.5 Å². The fourth-order valence-corrected chi connectivity index (χ4v) is 2.26. The summed E-state index contributed by atoms with van der Waals surface area (Å²) in [6.07, 6.45) is 12.6. The molecule has 0 aromatic rings. The van der Waals surface area contributed by atoms with E-state index in [1.54, 1.807) is 0 Å². The molecule has 0 bridgehead atoms. The lowest BCUT2D eigenvalue weighted by Gasteiger charge is -2.31. The van der Waals surface area contributed by atoms with E-state index in [1.807, 2.05) is 18.2 Å². The molecule has 0 aliphatic rings. The molecule has 0 rings (SSSR count). The van der Waals surface area contributed by atoms with Crippen LogP contribution in [0.4, 0.5) is 0 Å². The van der Waals surface area contributed by atoms with Crippen LogP contribution in [0.3, 0.4) is 0 Å². The van der Waals surface area contributed by atoms with Crippen LogP contribution >= 0.6 is 11.6 Å². The van der Waals surface area contributed by atoms with E-state index in [-0.39, 0.29) is 5.41 Å². The number of rotatable bonds is 10. The monoisotopic (exact) mass is 226 g/mol. The highest BCUT2D eigenvalue weighted by molar-refractivity contribution is 6.17.